The van der Waals surface area contributed by atoms with Crippen LogP contribution in [-0.2, 0) is 4.79 Å². The van der Waals surface area contributed by atoms with Crippen LogP contribution >= 0.6 is 11.8 Å². The molecule has 0 saturated heterocycles. The van der Waals surface area contributed by atoms with Gasteiger partial charge in [-0.2, -0.15) is 0 Å². The van der Waals surface area contributed by atoms with Gasteiger partial charge in [-0.1, -0.05) is 47.7 Å². The Hall–Kier alpha value is -3.06. The SMILES string of the molecule is Cc1cc(C)c(NC(=O)[C@H](C)Sc2nnc(-c3c[nH]c4ccccc34)o2)c(C)c1. The molecule has 148 valence electrons. The summed E-state index contributed by atoms with van der Waals surface area (Å²) in [4.78, 5) is 15.9. The summed E-state index contributed by atoms with van der Waals surface area (Å²) in [6, 6.07) is 12.0. The maximum Gasteiger partial charge on any atom is 0.277 e. The molecular weight excluding hydrogens is 384 g/mol. The van der Waals surface area contributed by atoms with Crippen molar-refractivity contribution in [2.45, 2.75) is 38.2 Å². The van der Waals surface area contributed by atoms with E-state index >= 15 is 0 Å². The standard InChI is InChI=1S/C22H22N4O2S/c1-12-9-13(2)19(14(3)10-12)24-20(27)15(4)29-22-26-25-21(28-22)17-11-23-18-8-6-5-7-16(17)18/h5-11,15,23H,1-4H3,(H,24,27)/t15-/m0/s1. The number of carbonyl (C=O) groups excluding carboxylic acids is 1. The average molecular weight is 407 g/mol. The van der Waals surface area contributed by atoms with Crippen molar-refractivity contribution < 1.29 is 9.21 Å². The van der Waals surface area contributed by atoms with Crippen LogP contribution in [0.15, 0.2) is 52.2 Å². The number of amides is 1. The number of aryl methyl sites for hydroxylation is 3. The molecule has 0 aliphatic heterocycles. The van der Waals surface area contributed by atoms with Crippen LogP contribution in [0.2, 0.25) is 0 Å². The molecule has 7 heteroatoms. The maximum atomic E-state index is 12.7. The molecule has 1 amide bonds. The smallest absolute Gasteiger partial charge is 0.277 e. The largest absolute Gasteiger partial charge is 0.411 e. The Balaban J connectivity index is 1.48. The van der Waals surface area contributed by atoms with Gasteiger partial charge in [-0.3, -0.25) is 4.79 Å². The van der Waals surface area contributed by atoms with Gasteiger partial charge in [0.1, 0.15) is 0 Å². The van der Waals surface area contributed by atoms with Crippen LogP contribution in [0, 0.1) is 20.8 Å². The Labute approximate surface area is 173 Å². The molecule has 0 bridgehead atoms. The molecule has 1 atom stereocenters. The third kappa shape index (κ3) is 3.91. The zero-order valence-corrected chi connectivity index (χ0v) is 17.6. The van der Waals surface area contributed by atoms with Gasteiger partial charge in [-0.05, 0) is 44.9 Å². The molecule has 2 aromatic carbocycles. The number of aromatic amines is 1. The number of aromatic nitrogens is 3. The van der Waals surface area contributed by atoms with Gasteiger partial charge >= 0.3 is 0 Å². The fourth-order valence-corrected chi connectivity index (χ4v) is 4.10. The number of benzene rings is 2. The number of nitrogens with one attached hydrogen (secondary N) is 2. The van der Waals surface area contributed by atoms with Gasteiger partial charge < -0.3 is 14.7 Å². The first kappa shape index (κ1) is 19.3. The monoisotopic (exact) mass is 406 g/mol. The van der Waals surface area contributed by atoms with Crippen LogP contribution in [0.1, 0.15) is 23.6 Å². The van der Waals surface area contributed by atoms with Gasteiger partial charge in [0, 0.05) is 22.8 Å². The fraction of sp³-hybridized carbons (Fsp3) is 0.227. The fourth-order valence-electron chi connectivity index (χ4n) is 3.42. The molecule has 2 N–H and O–H groups in total. The zero-order chi connectivity index (χ0) is 20.5. The van der Waals surface area contributed by atoms with Crippen molar-refractivity contribution in [3.05, 3.63) is 59.3 Å². The average Bonchev–Trinajstić information content (AvgIpc) is 3.31. The van der Waals surface area contributed by atoms with Crippen molar-refractivity contribution in [1.29, 1.82) is 0 Å². The highest BCUT2D eigenvalue weighted by atomic mass is 32.2. The van der Waals surface area contributed by atoms with Crippen molar-refractivity contribution in [2.75, 3.05) is 5.32 Å². The number of hydrogen-bond acceptors (Lipinski definition) is 5. The van der Waals surface area contributed by atoms with Crippen LogP contribution in [0.25, 0.3) is 22.4 Å². The maximum absolute atomic E-state index is 12.7. The van der Waals surface area contributed by atoms with Crippen molar-refractivity contribution in [3.8, 4) is 11.5 Å². The molecule has 0 aliphatic carbocycles. The van der Waals surface area contributed by atoms with Crippen LogP contribution < -0.4 is 5.32 Å². The lowest BCUT2D eigenvalue weighted by atomic mass is 10.1. The summed E-state index contributed by atoms with van der Waals surface area (Å²) >= 11 is 1.25. The predicted molar refractivity (Wildman–Crippen MR) is 116 cm³/mol. The van der Waals surface area contributed by atoms with Gasteiger partial charge in [0.15, 0.2) is 0 Å². The quantitative estimate of drug-likeness (QED) is 0.442. The summed E-state index contributed by atoms with van der Waals surface area (Å²) in [5, 5.41) is 12.3. The number of anilines is 1. The van der Waals surface area contributed by atoms with Crippen molar-refractivity contribution >= 4 is 34.3 Å². The first-order valence-electron chi connectivity index (χ1n) is 9.37. The van der Waals surface area contributed by atoms with Gasteiger partial charge in [-0.25, -0.2) is 0 Å². The Morgan fingerprint density at radius 2 is 1.86 bits per heavy atom. The van der Waals surface area contributed by atoms with E-state index in [4.69, 9.17) is 4.42 Å². The highest BCUT2D eigenvalue weighted by molar-refractivity contribution is 8.00. The number of para-hydroxylation sites is 1. The highest BCUT2D eigenvalue weighted by Crippen LogP contribution is 2.31. The number of rotatable bonds is 5. The second kappa shape index (κ2) is 7.75. The van der Waals surface area contributed by atoms with E-state index in [1.807, 2.05) is 58.2 Å². The minimum atomic E-state index is -0.383. The molecule has 0 unspecified atom stereocenters. The van der Waals surface area contributed by atoms with E-state index in [2.05, 4.69) is 32.6 Å². The summed E-state index contributed by atoms with van der Waals surface area (Å²) in [7, 11) is 0. The zero-order valence-electron chi connectivity index (χ0n) is 16.7. The Bertz CT molecular complexity index is 1170. The molecular formula is C22H22N4O2S. The van der Waals surface area contributed by atoms with Crippen LogP contribution in [0.4, 0.5) is 5.69 Å². The van der Waals surface area contributed by atoms with Crippen LogP contribution in [-0.4, -0.2) is 26.3 Å². The molecule has 0 radical (unpaired) electrons. The number of H-pyrrole nitrogens is 1. The summed E-state index contributed by atoms with van der Waals surface area (Å²) in [6.45, 7) is 7.87. The summed E-state index contributed by atoms with van der Waals surface area (Å²) in [6.07, 6.45) is 1.85. The third-order valence-electron chi connectivity index (χ3n) is 4.80. The molecule has 29 heavy (non-hydrogen) atoms. The van der Waals surface area contributed by atoms with Gasteiger partial charge in [-0.15, -0.1) is 10.2 Å². The van der Waals surface area contributed by atoms with Gasteiger partial charge in [0.05, 0.1) is 10.8 Å². The Morgan fingerprint density at radius 3 is 2.62 bits per heavy atom. The number of thioether (sulfide) groups is 1. The number of carbonyl (C=O) groups is 1. The van der Waals surface area contributed by atoms with E-state index < -0.39 is 0 Å². The summed E-state index contributed by atoms with van der Waals surface area (Å²) in [5.74, 6) is 0.333. The van der Waals surface area contributed by atoms with Crippen LogP contribution in [0.5, 0.6) is 0 Å². The molecule has 0 spiro atoms. The molecule has 2 heterocycles. The minimum Gasteiger partial charge on any atom is -0.411 e. The first-order valence-corrected chi connectivity index (χ1v) is 10.3. The Morgan fingerprint density at radius 1 is 1.14 bits per heavy atom. The molecule has 2 aromatic heterocycles. The molecule has 4 aromatic rings. The van der Waals surface area contributed by atoms with E-state index in [-0.39, 0.29) is 11.2 Å². The van der Waals surface area contributed by atoms with E-state index in [9.17, 15) is 4.79 Å². The predicted octanol–water partition coefficient (Wildman–Crippen LogP) is 5.26. The highest BCUT2D eigenvalue weighted by Gasteiger charge is 2.21. The van der Waals surface area contributed by atoms with E-state index in [0.29, 0.717) is 11.1 Å². The van der Waals surface area contributed by atoms with E-state index in [0.717, 1.165) is 33.3 Å². The minimum absolute atomic E-state index is 0.100. The normalized spacial score (nSPS) is 12.3. The second-order valence-electron chi connectivity index (χ2n) is 7.14. The topological polar surface area (TPSA) is 83.8 Å². The van der Waals surface area contributed by atoms with E-state index in [1.165, 1.54) is 17.3 Å². The Kier molecular flexibility index (Phi) is 5.15. The van der Waals surface area contributed by atoms with Gasteiger partial charge in [0.25, 0.3) is 11.1 Å². The molecule has 6 nitrogen and oxygen atoms in total. The van der Waals surface area contributed by atoms with Gasteiger partial charge in [0.2, 0.25) is 5.91 Å². The van der Waals surface area contributed by atoms with E-state index in [1.54, 1.807) is 0 Å². The lowest BCUT2D eigenvalue weighted by Crippen LogP contribution is -2.23. The molecule has 4 rings (SSSR count). The summed E-state index contributed by atoms with van der Waals surface area (Å²) in [5.41, 5.74) is 5.99. The molecule has 0 aliphatic rings. The van der Waals surface area contributed by atoms with Crippen molar-refractivity contribution in [1.82, 2.24) is 15.2 Å². The lowest BCUT2D eigenvalue weighted by molar-refractivity contribution is -0.115. The first-order chi connectivity index (χ1) is 13.9. The number of hydrogen-bond donors (Lipinski definition) is 2. The number of fused-ring (bicyclic) bond motifs is 1. The second-order valence-corrected chi connectivity index (χ2v) is 8.44. The van der Waals surface area contributed by atoms with Crippen molar-refractivity contribution in [2.24, 2.45) is 0 Å². The number of nitrogens with zero attached hydrogens (tertiary/aromatic N) is 2. The van der Waals surface area contributed by atoms with Crippen molar-refractivity contribution in [3.63, 3.8) is 0 Å². The molecule has 0 saturated carbocycles. The molecule has 0 fully saturated rings. The lowest BCUT2D eigenvalue weighted by Gasteiger charge is -2.15. The third-order valence-corrected chi connectivity index (χ3v) is 5.73. The van der Waals surface area contributed by atoms with Crippen LogP contribution in [0.3, 0.4) is 0 Å². The summed E-state index contributed by atoms with van der Waals surface area (Å²) < 4.78 is 5.81.